The predicted molar refractivity (Wildman–Crippen MR) is 86.7 cm³/mol. The Morgan fingerprint density at radius 3 is 2.91 bits per heavy atom. The van der Waals surface area contributed by atoms with Crippen LogP contribution in [0.15, 0.2) is 30.5 Å². The topological polar surface area (TPSA) is 66.2 Å². The number of ether oxygens (including phenoxy) is 1. The largest absolute Gasteiger partial charge is 0.444 e. The van der Waals surface area contributed by atoms with E-state index in [2.05, 4.69) is 39.9 Å². The normalized spacial score (nSPS) is 20.9. The molecule has 3 N–H and O–H groups in total. The first kappa shape index (κ1) is 14.9. The highest BCUT2D eigenvalue weighted by Crippen LogP contribution is 2.23. The minimum atomic E-state index is -0.451. The molecule has 2 atom stereocenters. The average Bonchev–Trinajstić information content (AvgIpc) is 2.97. The number of H-pyrrole nitrogens is 1. The summed E-state index contributed by atoms with van der Waals surface area (Å²) in [5.74, 6) is 0. The Labute approximate surface area is 130 Å². The van der Waals surface area contributed by atoms with Gasteiger partial charge < -0.3 is 20.4 Å². The van der Waals surface area contributed by atoms with Crippen LogP contribution in [-0.2, 0) is 11.3 Å². The van der Waals surface area contributed by atoms with Crippen molar-refractivity contribution in [1.29, 1.82) is 0 Å². The van der Waals surface area contributed by atoms with E-state index >= 15 is 0 Å². The number of aromatic amines is 1. The average molecular weight is 301 g/mol. The molecule has 0 aliphatic heterocycles. The molecular weight excluding hydrogens is 278 g/mol. The lowest BCUT2D eigenvalue weighted by Gasteiger charge is -2.19. The minimum Gasteiger partial charge on any atom is -0.444 e. The summed E-state index contributed by atoms with van der Waals surface area (Å²) in [6, 6.07) is 8.96. The van der Waals surface area contributed by atoms with E-state index in [0.29, 0.717) is 6.04 Å². The van der Waals surface area contributed by atoms with Crippen molar-refractivity contribution < 1.29 is 9.53 Å². The fourth-order valence-corrected chi connectivity index (χ4v) is 2.49. The van der Waals surface area contributed by atoms with Crippen molar-refractivity contribution in [2.45, 2.75) is 51.4 Å². The number of rotatable bonds is 4. The Kier molecular flexibility index (Phi) is 3.83. The van der Waals surface area contributed by atoms with Crippen molar-refractivity contribution in [3.05, 3.63) is 36.0 Å². The van der Waals surface area contributed by atoms with Crippen molar-refractivity contribution in [3.63, 3.8) is 0 Å². The second kappa shape index (κ2) is 5.65. The van der Waals surface area contributed by atoms with Crippen molar-refractivity contribution in [3.8, 4) is 0 Å². The van der Waals surface area contributed by atoms with Crippen LogP contribution >= 0.6 is 0 Å². The van der Waals surface area contributed by atoms with E-state index in [0.717, 1.165) is 18.5 Å². The third kappa shape index (κ3) is 3.80. The van der Waals surface area contributed by atoms with Gasteiger partial charge in [-0.05, 0) is 50.3 Å². The molecule has 1 aliphatic carbocycles. The van der Waals surface area contributed by atoms with Crippen LogP contribution < -0.4 is 10.6 Å². The maximum absolute atomic E-state index is 11.7. The smallest absolute Gasteiger partial charge is 0.407 e. The number of alkyl carbamates (subject to hydrolysis) is 1. The van der Waals surface area contributed by atoms with Crippen LogP contribution in [0.25, 0.3) is 10.9 Å². The zero-order chi connectivity index (χ0) is 15.7. The molecule has 5 nitrogen and oxygen atoms in total. The second-order valence-corrected chi connectivity index (χ2v) is 6.88. The number of hydrogen-bond donors (Lipinski definition) is 3. The standard InChI is InChI=1S/C17H23N3O2/c1-17(2,3)22-16(21)20-15-9-14(15)19-10-11-4-5-12-6-7-18-13(12)8-11/h4-8,14-15,18-19H,9-10H2,1-3H3,(H,20,21). The Bertz CT molecular complexity index is 672. The van der Waals surface area contributed by atoms with E-state index in [4.69, 9.17) is 4.74 Å². The predicted octanol–water partition coefficient (Wildman–Crippen LogP) is 2.92. The van der Waals surface area contributed by atoms with Crippen molar-refractivity contribution in [2.75, 3.05) is 0 Å². The molecule has 1 fully saturated rings. The molecule has 0 radical (unpaired) electrons. The maximum atomic E-state index is 11.7. The summed E-state index contributed by atoms with van der Waals surface area (Å²) in [6.45, 7) is 6.40. The number of nitrogens with one attached hydrogen (secondary N) is 3. The number of carbonyl (C=O) groups is 1. The Balaban J connectivity index is 1.44. The first-order valence-corrected chi connectivity index (χ1v) is 7.70. The molecule has 1 aromatic heterocycles. The molecule has 3 rings (SSSR count). The third-order valence-corrected chi connectivity index (χ3v) is 3.68. The second-order valence-electron chi connectivity index (χ2n) is 6.88. The van der Waals surface area contributed by atoms with E-state index in [9.17, 15) is 4.79 Å². The molecule has 1 amide bonds. The summed E-state index contributed by atoms with van der Waals surface area (Å²) in [4.78, 5) is 14.9. The van der Waals surface area contributed by atoms with Crippen LogP contribution in [0.5, 0.6) is 0 Å². The van der Waals surface area contributed by atoms with Gasteiger partial charge in [-0.25, -0.2) is 4.79 Å². The Morgan fingerprint density at radius 2 is 2.14 bits per heavy atom. The summed E-state index contributed by atoms with van der Waals surface area (Å²) in [5.41, 5.74) is 1.93. The monoisotopic (exact) mass is 301 g/mol. The number of hydrogen-bond acceptors (Lipinski definition) is 3. The van der Waals surface area contributed by atoms with Gasteiger partial charge in [-0.2, -0.15) is 0 Å². The van der Waals surface area contributed by atoms with E-state index in [1.54, 1.807) is 0 Å². The van der Waals surface area contributed by atoms with Gasteiger partial charge in [0.1, 0.15) is 5.60 Å². The molecule has 5 heteroatoms. The zero-order valence-electron chi connectivity index (χ0n) is 13.3. The molecule has 1 aromatic carbocycles. The van der Waals surface area contributed by atoms with Crippen LogP contribution in [-0.4, -0.2) is 28.8 Å². The highest BCUT2D eigenvalue weighted by Gasteiger charge is 2.38. The molecule has 1 aliphatic rings. The molecule has 2 aromatic rings. The molecule has 1 saturated carbocycles. The van der Waals surface area contributed by atoms with Gasteiger partial charge in [0, 0.05) is 30.3 Å². The lowest BCUT2D eigenvalue weighted by molar-refractivity contribution is 0.0522. The van der Waals surface area contributed by atoms with Gasteiger partial charge in [0.2, 0.25) is 0 Å². The summed E-state index contributed by atoms with van der Waals surface area (Å²) >= 11 is 0. The highest BCUT2D eigenvalue weighted by molar-refractivity contribution is 5.79. The van der Waals surface area contributed by atoms with Crippen molar-refractivity contribution in [2.24, 2.45) is 0 Å². The first-order valence-electron chi connectivity index (χ1n) is 7.70. The lowest BCUT2D eigenvalue weighted by atomic mass is 10.1. The SMILES string of the molecule is CC(C)(C)OC(=O)NC1CC1NCc1ccc2cc[nH]c2c1. The van der Waals surface area contributed by atoms with Crippen LogP contribution in [0.4, 0.5) is 4.79 Å². The molecule has 0 saturated heterocycles. The fraction of sp³-hybridized carbons (Fsp3) is 0.471. The molecule has 22 heavy (non-hydrogen) atoms. The van der Waals surface area contributed by atoms with Crippen LogP contribution in [0.3, 0.4) is 0 Å². The zero-order valence-corrected chi connectivity index (χ0v) is 13.3. The quantitative estimate of drug-likeness (QED) is 0.813. The third-order valence-electron chi connectivity index (χ3n) is 3.68. The first-order chi connectivity index (χ1) is 10.4. The van der Waals surface area contributed by atoms with Crippen LogP contribution in [0.1, 0.15) is 32.8 Å². The van der Waals surface area contributed by atoms with E-state index in [1.807, 2.05) is 27.0 Å². The molecule has 0 spiro atoms. The van der Waals surface area contributed by atoms with E-state index < -0.39 is 5.60 Å². The number of fused-ring (bicyclic) bond motifs is 1. The molecule has 0 bridgehead atoms. The van der Waals surface area contributed by atoms with Gasteiger partial charge in [0.05, 0.1) is 0 Å². The molecular formula is C17H23N3O2. The number of carbonyl (C=O) groups excluding carboxylic acids is 1. The Hall–Kier alpha value is -2.01. The molecule has 2 unspecified atom stereocenters. The van der Waals surface area contributed by atoms with Gasteiger partial charge in [-0.1, -0.05) is 12.1 Å². The van der Waals surface area contributed by atoms with Gasteiger partial charge in [0.25, 0.3) is 0 Å². The van der Waals surface area contributed by atoms with Gasteiger partial charge >= 0.3 is 6.09 Å². The van der Waals surface area contributed by atoms with Crippen LogP contribution in [0.2, 0.25) is 0 Å². The fourth-order valence-electron chi connectivity index (χ4n) is 2.49. The molecule has 1 heterocycles. The van der Waals surface area contributed by atoms with E-state index in [-0.39, 0.29) is 12.1 Å². The van der Waals surface area contributed by atoms with Gasteiger partial charge in [0.15, 0.2) is 0 Å². The summed E-state index contributed by atoms with van der Waals surface area (Å²) in [6.07, 6.45) is 2.56. The number of amides is 1. The summed E-state index contributed by atoms with van der Waals surface area (Å²) in [7, 11) is 0. The molecule has 118 valence electrons. The van der Waals surface area contributed by atoms with Crippen molar-refractivity contribution in [1.82, 2.24) is 15.6 Å². The van der Waals surface area contributed by atoms with Crippen molar-refractivity contribution >= 4 is 17.0 Å². The Morgan fingerprint density at radius 1 is 1.32 bits per heavy atom. The van der Waals surface area contributed by atoms with Crippen LogP contribution in [0, 0.1) is 0 Å². The number of benzene rings is 1. The van der Waals surface area contributed by atoms with Gasteiger partial charge in [-0.15, -0.1) is 0 Å². The lowest BCUT2D eigenvalue weighted by Crippen LogP contribution is -2.36. The highest BCUT2D eigenvalue weighted by atomic mass is 16.6. The maximum Gasteiger partial charge on any atom is 0.407 e. The van der Waals surface area contributed by atoms with Gasteiger partial charge in [-0.3, -0.25) is 0 Å². The summed E-state index contributed by atoms with van der Waals surface area (Å²) in [5, 5.41) is 7.58. The summed E-state index contributed by atoms with van der Waals surface area (Å²) < 4.78 is 5.26. The number of aromatic nitrogens is 1. The minimum absolute atomic E-state index is 0.170. The van der Waals surface area contributed by atoms with E-state index in [1.165, 1.54) is 10.9 Å².